The Hall–Kier alpha value is -1.38. The first kappa shape index (κ1) is 9.82. The van der Waals surface area contributed by atoms with Gasteiger partial charge in [-0.25, -0.2) is 0 Å². The second-order valence-electron chi connectivity index (χ2n) is 5.11. The molecule has 86 valence electrons. The van der Waals surface area contributed by atoms with Gasteiger partial charge in [0.15, 0.2) is 0 Å². The molecular weight excluding hydrogens is 200 g/mol. The topological polar surface area (TPSA) is 44.3 Å². The summed E-state index contributed by atoms with van der Waals surface area (Å²) in [5, 5.41) is 16.7. The summed E-state index contributed by atoms with van der Waals surface area (Å²) in [5.41, 5.74) is 2.29. The maximum atomic E-state index is 9.81. The zero-order chi connectivity index (χ0) is 11.0. The Morgan fingerprint density at radius 2 is 1.81 bits per heavy atom. The Labute approximate surface area is 95.9 Å². The van der Waals surface area contributed by atoms with Crippen LogP contribution in [0.25, 0.3) is 0 Å². The molecule has 1 aromatic rings. The molecule has 1 fully saturated rings. The summed E-state index contributed by atoms with van der Waals surface area (Å²) in [6.45, 7) is 2.00. The maximum Gasteiger partial charge on any atom is 0.140 e. The van der Waals surface area contributed by atoms with Gasteiger partial charge in [-0.2, -0.15) is 0 Å². The number of hydrogen-bond acceptors (Lipinski definition) is 3. The molecule has 0 bridgehead atoms. The summed E-state index contributed by atoms with van der Waals surface area (Å²) in [6, 6.07) is 5.64. The van der Waals surface area contributed by atoms with Crippen LogP contribution >= 0.6 is 0 Å². The average Bonchev–Trinajstić information content (AvgIpc) is 2.65. The average molecular weight is 218 g/mol. The van der Waals surface area contributed by atoms with Crippen molar-refractivity contribution in [3.8, 4) is 5.75 Å². The molecule has 0 amide bonds. The first-order valence-electron chi connectivity index (χ1n) is 6.09. The van der Waals surface area contributed by atoms with Gasteiger partial charge in [-0.05, 0) is 25.0 Å². The third-order valence-corrected chi connectivity index (χ3v) is 4.00. The molecule has 1 aromatic carbocycles. The number of benzene rings is 1. The number of hydrogen-bond donors (Lipinski definition) is 3. The van der Waals surface area contributed by atoms with E-state index in [1.54, 1.807) is 6.07 Å². The molecule has 1 spiro atoms. The maximum absolute atomic E-state index is 9.81. The van der Waals surface area contributed by atoms with Crippen LogP contribution in [0.15, 0.2) is 18.2 Å². The van der Waals surface area contributed by atoms with Gasteiger partial charge in [-0.15, -0.1) is 0 Å². The van der Waals surface area contributed by atoms with Gasteiger partial charge in [0, 0.05) is 18.5 Å². The van der Waals surface area contributed by atoms with Gasteiger partial charge in [-0.3, -0.25) is 0 Å². The smallest absolute Gasteiger partial charge is 0.140 e. The fourth-order valence-corrected chi connectivity index (χ4v) is 2.97. The molecule has 3 nitrogen and oxygen atoms in total. The summed E-state index contributed by atoms with van der Waals surface area (Å²) in [5.74, 6) is 0.347. The number of para-hydroxylation sites is 1. The van der Waals surface area contributed by atoms with E-state index in [2.05, 4.69) is 10.6 Å². The zero-order valence-corrected chi connectivity index (χ0v) is 9.42. The van der Waals surface area contributed by atoms with Crippen LogP contribution in [-0.2, 0) is 0 Å². The van der Waals surface area contributed by atoms with Crippen molar-refractivity contribution in [1.82, 2.24) is 0 Å². The lowest BCUT2D eigenvalue weighted by molar-refractivity contribution is 0.346. The fourth-order valence-electron chi connectivity index (χ4n) is 2.97. The summed E-state index contributed by atoms with van der Waals surface area (Å²) in [4.78, 5) is 0. The molecule has 3 heteroatoms. The lowest BCUT2D eigenvalue weighted by atomic mass is 9.86. The van der Waals surface area contributed by atoms with Crippen LogP contribution in [0, 0.1) is 5.41 Å². The summed E-state index contributed by atoms with van der Waals surface area (Å²) < 4.78 is 0. The minimum absolute atomic E-state index is 0.347. The SMILES string of the molecule is Oc1cccc2c1NCC1(CCCC1)CN2. The number of phenolic OH excluding ortho intramolecular Hbond substituents is 1. The Kier molecular flexibility index (Phi) is 2.20. The van der Waals surface area contributed by atoms with Crippen LogP contribution in [0.2, 0.25) is 0 Å². The molecule has 3 N–H and O–H groups in total. The van der Waals surface area contributed by atoms with Crippen molar-refractivity contribution in [1.29, 1.82) is 0 Å². The van der Waals surface area contributed by atoms with Crippen LogP contribution < -0.4 is 10.6 Å². The Balaban J connectivity index is 1.89. The Morgan fingerprint density at radius 1 is 1.06 bits per heavy atom. The van der Waals surface area contributed by atoms with Crippen molar-refractivity contribution in [2.75, 3.05) is 23.7 Å². The van der Waals surface area contributed by atoms with Crippen LogP contribution in [0.5, 0.6) is 5.75 Å². The van der Waals surface area contributed by atoms with Gasteiger partial charge in [-0.1, -0.05) is 18.9 Å². The van der Waals surface area contributed by atoms with E-state index in [1.807, 2.05) is 12.1 Å². The minimum atomic E-state index is 0.347. The number of anilines is 2. The molecule has 0 unspecified atom stereocenters. The van der Waals surface area contributed by atoms with E-state index in [-0.39, 0.29) is 0 Å². The molecular formula is C13H18N2O. The van der Waals surface area contributed by atoms with Gasteiger partial charge < -0.3 is 15.7 Å². The lowest BCUT2D eigenvalue weighted by Crippen LogP contribution is -2.31. The van der Waals surface area contributed by atoms with E-state index < -0.39 is 0 Å². The van der Waals surface area contributed by atoms with Crippen LogP contribution in [0.3, 0.4) is 0 Å². The second-order valence-corrected chi connectivity index (χ2v) is 5.11. The quantitative estimate of drug-likeness (QED) is 0.587. The van der Waals surface area contributed by atoms with E-state index in [9.17, 15) is 5.11 Å². The Bertz CT molecular complexity index is 397. The predicted octanol–water partition coefficient (Wildman–Crippen LogP) is 2.79. The lowest BCUT2D eigenvalue weighted by Gasteiger charge is -2.26. The van der Waals surface area contributed by atoms with Gasteiger partial charge in [0.2, 0.25) is 0 Å². The third kappa shape index (κ3) is 1.51. The first-order valence-corrected chi connectivity index (χ1v) is 6.09. The molecule has 1 saturated carbocycles. The highest BCUT2D eigenvalue weighted by atomic mass is 16.3. The first-order chi connectivity index (χ1) is 7.79. The summed E-state index contributed by atoms with van der Waals surface area (Å²) >= 11 is 0. The Morgan fingerprint density at radius 3 is 2.62 bits per heavy atom. The fraction of sp³-hybridized carbons (Fsp3) is 0.538. The van der Waals surface area contributed by atoms with E-state index in [4.69, 9.17) is 0 Å². The van der Waals surface area contributed by atoms with Gasteiger partial charge in [0.1, 0.15) is 11.4 Å². The van der Waals surface area contributed by atoms with Crippen molar-refractivity contribution in [3.05, 3.63) is 18.2 Å². The standard InChI is InChI=1S/C13H18N2O/c16-11-5-3-4-10-12(11)15-9-13(8-14-10)6-1-2-7-13/h3-5,14-16H,1-2,6-9H2. The number of fused-ring (bicyclic) bond motifs is 1. The highest BCUT2D eigenvalue weighted by Crippen LogP contribution is 2.43. The molecule has 0 aromatic heterocycles. The van der Waals surface area contributed by atoms with Crippen molar-refractivity contribution >= 4 is 11.4 Å². The molecule has 1 heterocycles. The largest absolute Gasteiger partial charge is 0.506 e. The minimum Gasteiger partial charge on any atom is -0.506 e. The molecule has 16 heavy (non-hydrogen) atoms. The summed E-state index contributed by atoms with van der Waals surface area (Å²) in [6.07, 6.45) is 5.26. The van der Waals surface area contributed by atoms with Crippen molar-refractivity contribution < 1.29 is 5.11 Å². The highest BCUT2D eigenvalue weighted by molar-refractivity contribution is 5.76. The van der Waals surface area contributed by atoms with Gasteiger partial charge >= 0.3 is 0 Å². The van der Waals surface area contributed by atoms with E-state index in [0.29, 0.717) is 11.2 Å². The molecule has 2 aliphatic rings. The van der Waals surface area contributed by atoms with Gasteiger partial charge in [0.25, 0.3) is 0 Å². The van der Waals surface area contributed by atoms with Gasteiger partial charge in [0.05, 0.1) is 5.69 Å². The zero-order valence-electron chi connectivity index (χ0n) is 9.42. The molecule has 3 rings (SSSR count). The van der Waals surface area contributed by atoms with E-state index >= 15 is 0 Å². The number of phenols is 1. The molecule has 0 saturated heterocycles. The van der Waals surface area contributed by atoms with Crippen LogP contribution in [0.1, 0.15) is 25.7 Å². The number of nitrogens with one attached hydrogen (secondary N) is 2. The van der Waals surface area contributed by atoms with Crippen molar-refractivity contribution in [2.24, 2.45) is 5.41 Å². The molecule has 1 aliphatic carbocycles. The summed E-state index contributed by atoms with van der Waals surface area (Å²) in [7, 11) is 0. The normalized spacial score (nSPS) is 22.0. The van der Waals surface area contributed by atoms with Crippen molar-refractivity contribution in [3.63, 3.8) is 0 Å². The van der Waals surface area contributed by atoms with Crippen LogP contribution in [-0.4, -0.2) is 18.2 Å². The predicted molar refractivity (Wildman–Crippen MR) is 66.0 cm³/mol. The molecule has 0 atom stereocenters. The monoisotopic (exact) mass is 218 g/mol. The van der Waals surface area contributed by atoms with Crippen LogP contribution in [0.4, 0.5) is 11.4 Å². The number of rotatable bonds is 0. The molecule has 0 radical (unpaired) electrons. The van der Waals surface area contributed by atoms with E-state index in [1.165, 1.54) is 25.7 Å². The molecule has 1 aliphatic heterocycles. The van der Waals surface area contributed by atoms with Crippen molar-refractivity contribution in [2.45, 2.75) is 25.7 Å². The van der Waals surface area contributed by atoms with E-state index in [0.717, 1.165) is 24.5 Å². The number of aromatic hydroxyl groups is 1. The second kappa shape index (κ2) is 3.58. The third-order valence-electron chi connectivity index (χ3n) is 4.00. The highest BCUT2D eigenvalue weighted by Gasteiger charge is 2.35.